The number of hydrogen-bond donors (Lipinski definition) is 2. The minimum atomic E-state index is -0.506. The van der Waals surface area contributed by atoms with E-state index in [-0.39, 0.29) is 18.0 Å². The van der Waals surface area contributed by atoms with Crippen LogP contribution in [0.25, 0.3) is 22.0 Å². The summed E-state index contributed by atoms with van der Waals surface area (Å²) in [6, 6.07) is 16.9. The van der Waals surface area contributed by atoms with E-state index in [0.29, 0.717) is 21.8 Å². The quantitative estimate of drug-likeness (QED) is 0.418. The van der Waals surface area contributed by atoms with Gasteiger partial charge in [0.15, 0.2) is 5.13 Å². The molecule has 9 heteroatoms. The van der Waals surface area contributed by atoms with Crippen LogP contribution in [0.15, 0.2) is 64.9 Å². The van der Waals surface area contributed by atoms with Gasteiger partial charge in [-0.1, -0.05) is 24.3 Å². The topological polar surface area (TPSA) is 117 Å². The summed E-state index contributed by atoms with van der Waals surface area (Å²) in [7, 11) is 1.71. The Morgan fingerprint density at radius 2 is 2.03 bits per heavy atom. The molecule has 2 heterocycles. The summed E-state index contributed by atoms with van der Waals surface area (Å²) in [5.41, 5.74) is 2.09. The molecule has 2 aromatic carbocycles. The normalized spacial score (nSPS) is 14.0. The molecule has 1 aliphatic carbocycles. The lowest BCUT2D eigenvalue weighted by Gasteiger charge is -2.35. The molecule has 0 atom stereocenters. The van der Waals surface area contributed by atoms with E-state index in [9.17, 15) is 19.6 Å². The minimum absolute atomic E-state index is 0.0881. The number of thiazole rings is 1. The molecular weight excluding hydrogens is 474 g/mol. The number of benzene rings is 2. The van der Waals surface area contributed by atoms with E-state index in [1.54, 1.807) is 42.9 Å². The maximum atomic E-state index is 12.6. The number of nitrogens with zero attached hydrogens (tertiary/aromatic N) is 3. The molecule has 8 nitrogen and oxygen atoms in total. The molecule has 0 unspecified atom stereocenters. The van der Waals surface area contributed by atoms with Crippen LogP contribution in [0.2, 0.25) is 0 Å². The average molecular weight is 498 g/mol. The third-order valence-corrected chi connectivity index (χ3v) is 7.39. The van der Waals surface area contributed by atoms with Gasteiger partial charge < -0.3 is 15.2 Å². The monoisotopic (exact) mass is 497 g/mol. The number of anilines is 1. The molecule has 1 aliphatic rings. The van der Waals surface area contributed by atoms with Crippen molar-refractivity contribution < 1.29 is 9.59 Å². The van der Waals surface area contributed by atoms with Gasteiger partial charge in [0.25, 0.3) is 11.5 Å². The maximum absolute atomic E-state index is 12.6. The van der Waals surface area contributed by atoms with Gasteiger partial charge in [-0.3, -0.25) is 14.4 Å². The van der Waals surface area contributed by atoms with Crippen molar-refractivity contribution >= 4 is 39.1 Å². The lowest BCUT2D eigenvalue weighted by molar-refractivity contribution is -0.115. The summed E-state index contributed by atoms with van der Waals surface area (Å²) in [5.74, 6) is -0.780. The van der Waals surface area contributed by atoms with E-state index in [1.807, 2.05) is 24.3 Å². The van der Waals surface area contributed by atoms with Crippen LogP contribution in [-0.4, -0.2) is 27.9 Å². The van der Waals surface area contributed by atoms with Gasteiger partial charge in [0.2, 0.25) is 5.91 Å². The molecule has 5 rings (SSSR count). The first-order valence-corrected chi connectivity index (χ1v) is 12.4. The van der Waals surface area contributed by atoms with Crippen molar-refractivity contribution in [3.05, 3.63) is 81.6 Å². The molecular formula is C27H23N5O3S. The van der Waals surface area contributed by atoms with Crippen molar-refractivity contribution in [2.75, 3.05) is 11.9 Å². The van der Waals surface area contributed by atoms with Crippen molar-refractivity contribution in [1.29, 1.82) is 5.26 Å². The zero-order chi connectivity index (χ0) is 25.3. The Hall–Kier alpha value is -4.29. The Labute approximate surface area is 211 Å². The van der Waals surface area contributed by atoms with E-state index < -0.39 is 11.3 Å². The maximum Gasteiger partial charge on any atom is 0.258 e. The van der Waals surface area contributed by atoms with E-state index >= 15 is 0 Å². The predicted octanol–water partition coefficient (Wildman–Crippen LogP) is 3.98. The van der Waals surface area contributed by atoms with Gasteiger partial charge in [0, 0.05) is 35.1 Å². The number of fused-ring (bicyclic) bond motifs is 1. The summed E-state index contributed by atoms with van der Waals surface area (Å²) >= 11 is 1.26. The van der Waals surface area contributed by atoms with Crippen LogP contribution in [0.1, 0.15) is 35.2 Å². The fourth-order valence-corrected chi connectivity index (χ4v) is 5.08. The Kier molecular flexibility index (Phi) is 6.12. The minimum Gasteiger partial charge on any atom is -0.343 e. The predicted molar refractivity (Wildman–Crippen MR) is 139 cm³/mol. The van der Waals surface area contributed by atoms with Gasteiger partial charge in [-0.05, 0) is 54.5 Å². The second-order valence-corrected chi connectivity index (χ2v) is 9.79. The fraction of sp³-hybridized carbons (Fsp3) is 0.222. The number of hydrogen-bond acceptors (Lipinski definition) is 6. The van der Waals surface area contributed by atoms with Gasteiger partial charge in [0.1, 0.15) is 0 Å². The zero-order valence-corrected chi connectivity index (χ0v) is 20.4. The van der Waals surface area contributed by atoms with E-state index in [4.69, 9.17) is 0 Å². The van der Waals surface area contributed by atoms with Crippen molar-refractivity contribution in [2.24, 2.45) is 7.05 Å². The highest BCUT2D eigenvalue weighted by atomic mass is 32.1. The average Bonchev–Trinajstić information content (AvgIpc) is 3.33. The van der Waals surface area contributed by atoms with Crippen LogP contribution in [0, 0.1) is 11.3 Å². The van der Waals surface area contributed by atoms with Crippen molar-refractivity contribution in [1.82, 2.24) is 14.9 Å². The van der Waals surface area contributed by atoms with Crippen molar-refractivity contribution in [2.45, 2.75) is 24.7 Å². The summed E-state index contributed by atoms with van der Waals surface area (Å²) in [6.45, 7) is -0.215. The molecule has 2 aromatic heterocycles. The lowest BCUT2D eigenvalue weighted by atomic mass is 9.65. The SMILES string of the molecule is Cn1ccc2ccc(-c3csc(NC(=O)CNC(=O)c4cccc(C5(C#N)CCC5)c4)n3)cc2c1=O. The van der Waals surface area contributed by atoms with Crippen LogP contribution in [0.5, 0.6) is 0 Å². The first kappa shape index (κ1) is 23.5. The Morgan fingerprint density at radius 3 is 2.78 bits per heavy atom. The van der Waals surface area contributed by atoms with Gasteiger partial charge in [-0.25, -0.2) is 4.98 Å². The number of aryl methyl sites for hydroxylation is 1. The van der Waals surface area contributed by atoms with Crippen LogP contribution in [-0.2, 0) is 17.3 Å². The van der Waals surface area contributed by atoms with Crippen molar-refractivity contribution in [3.63, 3.8) is 0 Å². The fourth-order valence-electron chi connectivity index (χ4n) is 4.34. The van der Waals surface area contributed by atoms with Gasteiger partial charge >= 0.3 is 0 Å². The van der Waals surface area contributed by atoms with Crippen LogP contribution in [0.3, 0.4) is 0 Å². The molecule has 2 N–H and O–H groups in total. The van der Waals surface area contributed by atoms with Crippen LogP contribution >= 0.6 is 11.3 Å². The zero-order valence-electron chi connectivity index (χ0n) is 19.6. The summed E-state index contributed by atoms with van der Waals surface area (Å²) in [4.78, 5) is 41.9. The second-order valence-electron chi connectivity index (χ2n) is 8.93. The number of nitrogens with one attached hydrogen (secondary N) is 2. The van der Waals surface area contributed by atoms with Crippen molar-refractivity contribution in [3.8, 4) is 17.3 Å². The summed E-state index contributed by atoms with van der Waals surface area (Å²) in [5, 5.41) is 18.5. The molecule has 2 amide bonds. The Morgan fingerprint density at radius 1 is 1.19 bits per heavy atom. The summed E-state index contributed by atoms with van der Waals surface area (Å²) < 4.78 is 1.53. The molecule has 0 saturated heterocycles. The number of nitriles is 1. The Bertz CT molecular complexity index is 1590. The van der Waals surface area contributed by atoms with Crippen LogP contribution < -0.4 is 16.2 Å². The Balaban J connectivity index is 1.22. The molecule has 1 saturated carbocycles. The van der Waals surface area contributed by atoms with Crippen LogP contribution in [0.4, 0.5) is 5.13 Å². The van der Waals surface area contributed by atoms with Gasteiger partial charge in [-0.15, -0.1) is 11.3 Å². The smallest absolute Gasteiger partial charge is 0.258 e. The van der Waals surface area contributed by atoms with Gasteiger partial charge in [-0.2, -0.15) is 5.26 Å². The van der Waals surface area contributed by atoms with Gasteiger partial charge in [0.05, 0.1) is 23.7 Å². The second kappa shape index (κ2) is 9.40. The number of amides is 2. The molecule has 0 aliphatic heterocycles. The highest BCUT2D eigenvalue weighted by molar-refractivity contribution is 7.14. The molecule has 0 spiro atoms. The highest BCUT2D eigenvalue weighted by Crippen LogP contribution is 2.43. The first-order chi connectivity index (χ1) is 17.4. The molecule has 36 heavy (non-hydrogen) atoms. The number of carbonyl (C=O) groups excluding carboxylic acids is 2. The number of aromatic nitrogens is 2. The first-order valence-electron chi connectivity index (χ1n) is 11.5. The number of pyridine rings is 1. The molecule has 4 aromatic rings. The number of carbonyl (C=O) groups is 2. The third kappa shape index (κ3) is 4.39. The molecule has 180 valence electrons. The lowest BCUT2D eigenvalue weighted by Crippen LogP contribution is -2.34. The standard InChI is InChI=1S/C27H23N5O3S/c1-32-11-8-17-6-7-18(13-21(17)25(32)35)22-15-36-26(30-22)31-23(33)14-29-24(34)19-4-2-5-20(12-19)27(16-28)9-3-10-27/h2,4-8,11-13,15H,3,9-10,14H2,1H3,(H,29,34)(H,30,31,33). The van der Waals surface area contributed by atoms with E-state index in [2.05, 4.69) is 21.7 Å². The largest absolute Gasteiger partial charge is 0.343 e. The molecule has 1 fully saturated rings. The third-order valence-electron chi connectivity index (χ3n) is 6.64. The highest BCUT2D eigenvalue weighted by Gasteiger charge is 2.39. The summed E-state index contributed by atoms with van der Waals surface area (Å²) in [6.07, 6.45) is 4.32. The molecule has 0 radical (unpaired) electrons. The molecule has 0 bridgehead atoms. The number of rotatable bonds is 6. The van der Waals surface area contributed by atoms with E-state index in [0.717, 1.165) is 35.8 Å². The van der Waals surface area contributed by atoms with E-state index in [1.165, 1.54) is 15.9 Å².